The van der Waals surface area contributed by atoms with Gasteiger partial charge in [-0.1, -0.05) is 0 Å². The average Bonchev–Trinajstić information content (AvgIpc) is 2.97. The van der Waals surface area contributed by atoms with Gasteiger partial charge in [0.25, 0.3) is 0 Å². The molecule has 2 fully saturated rings. The molecule has 0 aromatic carbocycles. The van der Waals surface area contributed by atoms with Crippen LogP contribution in [-0.2, 0) is 27.9 Å². The molecular weight excluding hydrogens is 336 g/mol. The van der Waals surface area contributed by atoms with E-state index in [0.29, 0.717) is 26.2 Å². The number of carbonyl (C=O) groups is 1. The van der Waals surface area contributed by atoms with Gasteiger partial charge in [-0.05, 0) is 39.0 Å². The van der Waals surface area contributed by atoms with Gasteiger partial charge < -0.3 is 14.4 Å². The van der Waals surface area contributed by atoms with E-state index in [1.54, 1.807) is 11.6 Å². The lowest BCUT2D eigenvalue weighted by molar-refractivity contribution is -0.139. The minimum atomic E-state index is -0.0701. The van der Waals surface area contributed by atoms with Gasteiger partial charge in [-0.25, -0.2) is 9.48 Å². The summed E-state index contributed by atoms with van der Waals surface area (Å²) < 4.78 is 14.3. The molecule has 2 aliphatic heterocycles. The quantitative estimate of drug-likeness (QED) is 0.747. The van der Waals surface area contributed by atoms with Crippen LogP contribution in [0.1, 0.15) is 50.8 Å². The summed E-state index contributed by atoms with van der Waals surface area (Å²) in [5.41, 5.74) is -0.0701. The zero-order valence-electron chi connectivity index (χ0n) is 15.9. The van der Waals surface area contributed by atoms with Crippen molar-refractivity contribution in [2.24, 2.45) is 7.05 Å². The number of amides is 1. The standard InChI is InChI=1S/C18H30N4O4/c1-3-22-17(19-20(2)18(22)24)14-7-9-21(10-8-14)16(23)13-25-12-15-6-4-5-11-26-15/h14-15H,3-13H2,1-2H3/t15-/m1/s1. The van der Waals surface area contributed by atoms with Gasteiger partial charge in [-0.2, -0.15) is 5.10 Å². The SMILES string of the molecule is CCn1c(C2CCN(C(=O)COC[C@H]3CCCCO3)CC2)nn(C)c1=O. The molecule has 146 valence electrons. The Morgan fingerprint density at radius 1 is 1.27 bits per heavy atom. The van der Waals surface area contributed by atoms with Crippen LogP contribution in [0.15, 0.2) is 4.79 Å². The van der Waals surface area contributed by atoms with E-state index < -0.39 is 0 Å². The van der Waals surface area contributed by atoms with Gasteiger partial charge in [-0.3, -0.25) is 9.36 Å². The first-order chi connectivity index (χ1) is 12.6. The molecule has 26 heavy (non-hydrogen) atoms. The minimum absolute atomic E-state index is 0.0353. The maximum Gasteiger partial charge on any atom is 0.345 e. The number of aromatic nitrogens is 3. The lowest BCUT2D eigenvalue weighted by atomic mass is 9.96. The van der Waals surface area contributed by atoms with Gasteiger partial charge in [-0.15, -0.1) is 0 Å². The first-order valence-corrected chi connectivity index (χ1v) is 9.71. The van der Waals surface area contributed by atoms with Crippen molar-refractivity contribution in [3.05, 3.63) is 16.3 Å². The third-order valence-electron chi connectivity index (χ3n) is 5.37. The Morgan fingerprint density at radius 3 is 2.69 bits per heavy atom. The fourth-order valence-electron chi connectivity index (χ4n) is 3.82. The molecule has 1 atom stereocenters. The summed E-state index contributed by atoms with van der Waals surface area (Å²) in [4.78, 5) is 26.3. The van der Waals surface area contributed by atoms with Gasteiger partial charge in [0.15, 0.2) is 0 Å². The van der Waals surface area contributed by atoms with Crippen LogP contribution in [-0.4, -0.2) is 64.2 Å². The maximum atomic E-state index is 12.3. The summed E-state index contributed by atoms with van der Waals surface area (Å²) in [6, 6.07) is 0. The molecule has 2 aliphatic rings. The number of nitrogens with zero attached hydrogens (tertiary/aromatic N) is 4. The second kappa shape index (κ2) is 8.81. The van der Waals surface area contributed by atoms with Gasteiger partial charge in [0.2, 0.25) is 5.91 Å². The van der Waals surface area contributed by atoms with Crippen LogP contribution in [0.3, 0.4) is 0 Å². The highest BCUT2D eigenvalue weighted by Gasteiger charge is 2.28. The maximum absolute atomic E-state index is 12.3. The lowest BCUT2D eigenvalue weighted by Crippen LogP contribution is -2.41. The van der Waals surface area contributed by atoms with Crippen LogP contribution in [0.2, 0.25) is 0 Å². The van der Waals surface area contributed by atoms with E-state index in [-0.39, 0.29) is 30.2 Å². The molecule has 3 heterocycles. The van der Waals surface area contributed by atoms with E-state index in [0.717, 1.165) is 38.1 Å². The molecule has 0 bridgehead atoms. The lowest BCUT2D eigenvalue weighted by Gasteiger charge is -2.31. The third-order valence-corrected chi connectivity index (χ3v) is 5.37. The predicted octanol–water partition coefficient (Wildman–Crippen LogP) is 0.893. The van der Waals surface area contributed by atoms with E-state index in [4.69, 9.17) is 9.47 Å². The number of hydrogen-bond acceptors (Lipinski definition) is 5. The van der Waals surface area contributed by atoms with Gasteiger partial charge in [0.1, 0.15) is 12.4 Å². The molecule has 0 N–H and O–H groups in total. The van der Waals surface area contributed by atoms with Crippen LogP contribution in [0.25, 0.3) is 0 Å². The number of carbonyl (C=O) groups excluding carboxylic acids is 1. The Balaban J connectivity index is 1.45. The third kappa shape index (κ3) is 4.35. The zero-order valence-corrected chi connectivity index (χ0v) is 15.9. The molecule has 0 spiro atoms. The minimum Gasteiger partial charge on any atom is -0.376 e. The van der Waals surface area contributed by atoms with Crippen molar-refractivity contribution in [2.45, 2.75) is 57.6 Å². The first-order valence-electron chi connectivity index (χ1n) is 9.71. The summed E-state index contributed by atoms with van der Waals surface area (Å²) in [7, 11) is 1.68. The Bertz CT molecular complexity index is 655. The van der Waals surface area contributed by atoms with Crippen LogP contribution in [0.4, 0.5) is 0 Å². The van der Waals surface area contributed by atoms with Crippen molar-refractivity contribution in [2.75, 3.05) is 32.9 Å². The molecule has 1 aromatic heterocycles. The Labute approximate surface area is 154 Å². The molecular formula is C18H30N4O4. The van der Waals surface area contributed by atoms with Crippen LogP contribution in [0.5, 0.6) is 0 Å². The van der Waals surface area contributed by atoms with Crippen molar-refractivity contribution < 1.29 is 14.3 Å². The normalized spacial score (nSPS) is 21.9. The molecule has 2 saturated heterocycles. The highest BCUT2D eigenvalue weighted by atomic mass is 16.5. The van der Waals surface area contributed by atoms with Crippen LogP contribution < -0.4 is 5.69 Å². The molecule has 8 heteroatoms. The Hall–Kier alpha value is -1.67. The monoisotopic (exact) mass is 366 g/mol. The van der Waals surface area contributed by atoms with Crippen molar-refractivity contribution >= 4 is 5.91 Å². The van der Waals surface area contributed by atoms with E-state index in [2.05, 4.69) is 5.10 Å². The topological polar surface area (TPSA) is 78.6 Å². The molecule has 0 unspecified atom stereocenters. The first kappa shape index (κ1) is 19.1. The fourth-order valence-corrected chi connectivity index (χ4v) is 3.82. The number of piperidine rings is 1. The molecule has 1 aromatic rings. The van der Waals surface area contributed by atoms with Crippen molar-refractivity contribution in [3.8, 4) is 0 Å². The largest absolute Gasteiger partial charge is 0.376 e. The summed E-state index contributed by atoms with van der Waals surface area (Å²) in [5.74, 6) is 1.11. The number of rotatable bonds is 6. The molecule has 3 rings (SSSR count). The number of likely N-dealkylation sites (tertiary alicyclic amines) is 1. The van der Waals surface area contributed by atoms with E-state index in [1.807, 2.05) is 11.8 Å². The van der Waals surface area contributed by atoms with Crippen molar-refractivity contribution in [3.63, 3.8) is 0 Å². The average molecular weight is 366 g/mol. The predicted molar refractivity (Wildman–Crippen MR) is 96.1 cm³/mol. The zero-order chi connectivity index (χ0) is 18.5. The molecule has 1 amide bonds. The smallest absolute Gasteiger partial charge is 0.345 e. The van der Waals surface area contributed by atoms with Gasteiger partial charge >= 0.3 is 5.69 Å². The Kier molecular flexibility index (Phi) is 6.48. The number of ether oxygens (including phenoxy) is 2. The second-order valence-electron chi connectivity index (χ2n) is 7.17. The summed E-state index contributed by atoms with van der Waals surface area (Å²) in [6.07, 6.45) is 5.10. The highest BCUT2D eigenvalue weighted by molar-refractivity contribution is 5.77. The van der Waals surface area contributed by atoms with Crippen LogP contribution in [0, 0.1) is 0 Å². The molecule has 0 radical (unpaired) electrons. The highest BCUT2D eigenvalue weighted by Crippen LogP contribution is 2.26. The molecule has 0 aliphatic carbocycles. The fraction of sp³-hybridized carbons (Fsp3) is 0.833. The summed E-state index contributed by atoms with van der Waals surface area (Å²) in [6.45, 7) is 5.36. The number of hydrogen-bond donors (Lipinski definition) is 0. The molecule has 0 saturated carbocycles. The van der Waals surface area contributed by atoms with Crippen molar-refractivity contribution in [1.29, 1.82) is 0 Å². The van der Waals surface area contributed by atoms with E-state index in [9.17, 15) is 9.59 Å². The van der Waals surface area contributed by atoms with Gasteiger partial charge in [0, 0.05) is 39.2 Å². The van der Waals surface area contributed by atoms with Crippen molar-refractivity contribution in [1.82, 2.24) is 19.2 Å². The molecule has 8 nitrogen and oxygen atoms in total. The Morgan fingerprint density at radius 2 is 2.04 bits per heavy atom. The van der Waals surface area contributed by atoms with E-state index >= 15 is 0 Å². The summed E-state index contributed by atoms with van der Waals surface area (Å²) in [5, 5.41) is 4.40. The number of aryl methyl sites for hydroxylation is 1. The second-order valence-corrected chi connectivity index (χ2v) is 7.17. The summed E-state index contributed by atoms with van der Waals surface area (Å²) >= 11 is 0. The van der Waals surface area contributed by atoms with Gasteiger partial charge in [0.05, 0.1) is 12.7 Å². The van der Waals surface area contributed by atoms with E-state index in [1.165, 1.54) is 11.1 Å². The van der Waals surface area contributed by atoms with Crippen LogP contribution >= 0.6 is 0 Å².